The highest BCUT2D eigenvalue weighted by Crippen LogP contribution is 2.49. The van der Waals surface area contributed by atoms with E-state index in [1.165, 1.54) is 85.8 Å². The van der Waals surface area contributed by atoms with Gasteiger partial charge in [-0.25, -0.2) is 0 Å². The number of anilines is 1. The third kappa shape index (κ3) is 6.10. The van der Waals surface area contributed by atoms with Gasteiger partial charge in [-0.2, -0.15) is 0 Å². The number of nitrogens with two attached hydrogens (primary N) is 1. The molecule has 0 saturated carbocycles. The maximum Gasteiger partial charge on any atom is 0.152 e. The fourth-order valence-corrected chi connectivity index (χ4v) is 11.4. The minimum atomic E-state index is 0.392. The van der Waals surface area contributed by atoms with Crippen molar-refractivity contribution in [1.29, 1.82) is 0 Å². The Balaban J connectivity index is 0.862. The van der Waals surface area contributed by atoms with Crippen molar-refractivity contribution in [3.05, 3.63) is 224 Å². The molecule has 0 amide bonds. The number of rotatable bonds is 7. The van der Waals surface area contributed by atoms with E-state index in [0.717, 1.165) is 38.9 Å². The summed E-state index contributed by atoms with van der Waals surface area (Å²) in [6.07, 6.45) is 0. The summed E-state index contributed by atoms with van der Waals surface area (Å²) in [4.78, 5) is 0. The molecule has 0 spiro atoms. The fourth-order valence-electron chi connectivity index (χ4n) is 10.2. The first-order valence-electron chi connectivity index (χ1n) is 22.1. The third-order valence-electron chi connectivity index (χ3n) is 13.2. The van der Waals surface area contributed by atoms with Crippen LogP contribution in [0.5, 0.6) is 5.75 Å². The van der Waals surface area contributed by atoms with Gasteiger partial charge < -0.3 is 15.0 Å². The molecule has 13 rings (SSSR count). The Labute approximate surface area is 379 Å². The second-order valence-electron chi connectivity index (χ2n) is 17.0. The summed E-state index contributed by atoms with van der Waals surface area (Å²) in [7, 11) is 0. The van der Waals surface area contributed by atoms with Crippen LogP contribution in [0.1, 0.15) is 5.56 Å². The van der Waals surface area contributed by atoms with Crippen molar-refractivity contribution < 1.29 is 4.74 Å². The number of ether oxygens (including phenoxy) is 1. The molecule has 0 fully saturated rings. The Hall–Kier alpha value is -8.18. The van der Waals surface area contributed by atoms with Crippen molar-refractivity contribution >= 4 is 91.3 Å². The number of benzene rings is 11. The molecular formula is C61H40N2OS. The van der Waals surface area contributed by atoms with Gasteiger partial charge in [0, 0.05) is 42.2 Å². The molecule has 0 aliphatic carbocycles. The lowest BCUT2D eigenvalue weighted by Crippen LogP contribution is -2.00. The lowest BCUT2D eigenvalue weighted by Gasteiger charge is -2.16. The Bertz CT molecular complexity index is 3990. The molecule has 2 aromatic heterocycles. The molecule has 306 valence electrons. The molecule has 13 aromatic rings. The quantitative estimate of drug-likeness (QED) is 0.128. The molecule has 0 unspecified atom stereocenters. The van der Waals surface area contributed by atoms with Gasteiger partial charge in [0.15, 0.2) is 5.75 Å². The van der Waals surface area contributed by atoms with Gasteiger partial charge in [0.05, 0.1) is 16.7 Å². The molecule has 0 bridgehead atoms. The molecule has 65 heavy (non-hydrogen) atoms. The summed E-state index contributed by atoms with van der Waals surface area (Å²) >= 11 is 1.81. The zero-order valence-electron chi connectivity index (χ0n) is 35.3. The molecule has 0 saturated heterocycles. The number of nitrogen functional groups attached to an aromatic ring is 1. The second kappa shape index (κ2) is 15.0. The van der Waals surface area contributed by atoms with Crippen LogP contribution in [0.4, 0.5) is 5.69 Å². The van der Waals surface area contributed by atoms with E-state index in [1.807, 2.05) is 0 Å². The Morgan fingerprint density at radius 2 is 1.03 bits per heavy atom. The third-order valence-corrected chi connectivity index (χ3v) is 14.4. The average Bonchev–Trinajstić information content (AvgIpc) is 3.92. The number of nitrogens with zero attached hydrogens (tertiary/aromatic N) is 1. The minimum absolute atomic E-state index is 0.392. The molecule has 0 aliphatic rings. The zero-order chi connectivity index (χ0) is 43.0. The normalized spacial score (nSPS) is 11.8. The van der Waals surface area contributed by atoms with Crippen molar-refractivity contribution in [2.75, 3.05) is 5.73 Å². The highest BCUT2D eigenvalue weighted by Gasteiger charge is 2.21. The van der Waals surface area contributed by atoms with Crippen LogP contribution in [-0.4, -0.2) is 4.57 Å². The predicted octanol–water partition coefficient (Wildman–Crippen LogP) is 16.8. The topological polar surface area (TPSA) is 40.2 Å². The van der Waals surface area contributed by atoms with Crippen LogP contribution in [0.15, 0.2) is 218 Å². The average molecular weight is 849 g/mol. The Morgan fingerprint density at radius 3 is 1.85 bits per heavy atom. The number of aromatic nitrogens is 1. The first kappa shape index (κ1) is 37.4. The van der Waals surface area contributed by atoms with E-state index in [0.29, 0.717) is 12.3 Å². The maximum absolute atomic E-state index is 7.06. The second-order valence-corrected chi connectivity index (χ2v) is 18.0. The van der Waals surface area contributed by atoms with Crippen molar-refractivity contribution in [1.82, 2.24) is 4.57 Å². The largest absolute Gasteiger partial charge is 0.486 e. The van der Waals surface area contributed by atoms with Gasteiger partial charge >= 0.3 is 0 Å². The summed E-state index contributed by atoms with van der Waals surface area (Å²) < 4.78 is 11.6. The van der Waals surface area contributed by atoms with Crippen LogP contribution in [0.3, 0.4) is 0 Å². The molecule has 0 atom stereocenters. The molecular weight excluding hydrogens is 809 g/mol. The molecule has 0 radical (unpaired) electrons. The van der Waals surface area contributed by atoms with Crippen LogP contribution < -0.4 is 10.5 Å². The van der Waals surface area contributed by atoms with Crippen molar-refractivity contribution in [3.8, 4) is 44.8 Å². The van der Waals surface area contributed by atoms with E-state index in [1.54, 1.807) is 11.3 Å². The summed E-state index contributed by atoms with van der Waals surface area (Å²) in [5, 5.41) is 12.1. The smallest absolute Gasteiger partial charge is 0.152 e. The number of fused-ring (bicyclic) bond motifs is 11. The van der Waals surface area contributed by atoms with Gasteiger partial charge in [0.25, 0.3) is 0 Å². The zero-order valence-corrected chi connectivity index (χ0v) is 36.1. The minimum Gasteiger partial charge on any atom is -0.486 e. The first-order valence-corrected chi connectivity index (χ1v) is 22.9. The van der Waals surface area contributed by atoms with E-state index in [4.69, 9.17) is 10.5 Å². The molecule has 3 nitrogen and oxygen atoms in total. The number of hydrogen-bond acceptors (Lipinski definition) is 3. The molecule has 0 aliphatic heterocycles. The molecule has 4 heteroatoms. The van der Waals surface area contributed by atoms with Crippen LogP contribution in [0, 0.1) is 0 Å². The van der Waals surface area contributed by atoms with E-state index in [9.17, 15) is 0 Å². The van der Waals surface area contributed by atoms with Gasteiger partial charge in [0.2, 0.25) is 0 Å². The Kier molecular flexibility index (Phi) is 8.62. The van der Waals surface area contributed by atoms with Crippen LogP contribution >= 0.6 is 11.3 Å². The molecule has 2 N–H and O–H groups in total. The van der Waals surface area contributed by atoms with Crippen LogP contribution in [0.2, 0.25) is 0 Å². The van der Waals surface area contributed by atoms with E-state index in [2.05, 4.69) is 223 Å². The summed E-state index contributed by atoms with van der Waals surface area (Å²) in [6, 6.07) is 78.8. The van der Waals surface area contributed by atoms with Crippen molar-refractivity contribution in [2.45, 2.75) is 6.61 Å². The summed E-state index contributed by atoms with van der Waals surface area (Å²) in [5.41, 5.74) is 19.4. The van der Waals surface area contributed by atoms with E-state index >= 15 is 0 Å². The highest BCUT2D eigenvalue weighted by molar-refractivity contribution is 7.26. The van der Waals surface area contributed by atoms with Gasteiger partial charge in [-0.1, -0.05) is 170 Å². The van der Waals surface area contributed by atoms with Gasteiger partial charge in [-0.3, -0.25) is 0 Å². The Morgan fingerprint density at radius 1 is 0.415 bits per heavy atom. The van der Waals surface area contributed by atoms with E-state index in [-0.39, 0.29) is 0 Å². The van der Waals surface area contributed by atoms with Crippen molar-refractivity contribution in [3.63, 3.8) is 0 Å². The lowest BCUT2D eigenvalue weighted by atomic mass is 9.92. The van der Waals surface area contributed by atoms with Gasteiger partial charge in [-0.05, 0) is 114 Å². The van der Waals surface area contributed by atoms with Crippen LogP contribution in [0.25, 0.3) is 113 Å². The summed E-state index contributed by atoms with van der Waals surface area (Å²) in [6.45, 7) is 0.392. The highest BCUT2D eigenvalue weighted by atomic mass is 32.1. The van der Waals surface area contributed by atoms with Gasteiger partial charge in [0.1, 0.15) is 6.61 Å². The van der Waals surface area contributed by atoms with Gasteiger partial charge in [-0.15, -0.1) is 11.3 Å². The number of hydrogen-bond donors (Lipinski definition) is 1. The van der Waals surface area contributed by atoms with Crippen molar-refractivity contribution in [2.24, 2.45) is 0 Å². The summed E-state index contributed by atoms with van der Waals surface area (Å²) in [5.74, 6) is 0.735. The molecule has 2 heterocycles. The molecule has 11 aromatic carbocycles. The standard InChI is InChI=1S/C61H40N2OS/c62-54-36-52(51-35-44-15-5-6-16-46(44)48-18-8-9-19-49(48)51)61-59(50-20-10-11-21-57(50)65-61)60(54)64-37-38-22-24-41(25-23-38)43-29-32-55-53(34-43)58-47-17-7-4-14-42(47)28-33-56(58)63(55)45-30-26-40(27-31-45)39-12-2-1-3-13-39/h1-36H,37,62H2. The first-order chi connectivity index (χ1) is 32.1. The lowest BCUT2D eigenvalue weighted by molar-refractivity contribution is 0.312. The predicted molar refractivity (Wildman–Crippen MR) is 278 cm³/mol. The number of thiophene rings is 1. The fraction of sp³-hybridized carbons (Fsp3) is 0.0164. The van der Waals surface area contributed by atoms with Crippen LogP contribution in [-0.2, 0) is 6.61 Å². The SMILES string of the molecule is Nc1cc(-c2cc3ccccc3c3ccccc23)c2sc3ccccc3c2c1OCc1ccc(-c2ccc3c(c2)c2c4ccccc4ccc2n3-c2ccc(-c3ccccc3)cc2)cc1. The van der Waals surface area contributed by atoms with E-state index < -0.39 is 0 Å². The monoisotopic (exact) mass is 848 g/mol. The maximum atomic E-state index is 7.06.